The van der Waals surface area contributed by atoms with Crippen LogP contribution in [0.4, 0.5) is 0 Å². The maximum Gasteiger partial charge on any atom is 0.255 e. The number of sulfonamides is 1. The molecule has 2 aromatic rings. The zero-order valence-corrected chi connectivity index (χ0v) is 15.9. The number of hydrogen-bond acceptors (Lipinski definition) is 4. The number of carbonyl (C=O) groups is 1. The molecule has 1 amide bonds. The van der Waals surface area contributed by atoms with E-state index in [1.165, 1.54) is 18.4 Å². The van der Waals surface area contributed by atoms with Crippen LogP contribution in [0.25, 0.3) is 0 Å². The molecule has 1 aromatic heterocycles. The van der Waals surface area contributed by atoms with Crippen LogP contribution in [0.15, 0.2) is 50.4 Å². The second-order valence-electron chi connectivity index (χ2n) is 5.02. The van der Waals surface area contributed by atoms with Gasteiger partial charge in [0, 0.05) is 17.6 Å². The van der Waals surface area contributed by atoms with E-state index in [-0.39, 0.29) is 17.3 Å². The Kier molecular flexibility index (Phi) is 6.20. The smallest absolute Gasteiger partial charge is 0.255 e. The summed E-state index contributed by atoms with van der Waals surface area (Å²) in [5.74, 6) is 0.296. The molecule has 0 fully saturated rings. The summed E-state index contributed by atoms with van der Waals surface area (Å²) >= 11 is 3.32. The Morgan fingerprint density at radius 3 is 2.54 bits per heavy atom. The van der Waals surface area contributed by atoms with Gasteiger partial charge in [-0.1, -0.05) is 0 Å². The lowest BCUT2D eigenvalue weighted by Gasteiger charge is -2.19. The molecule has 0 saturated carbocycles. The zero-order chi connectivity index (χ0) is 17.7. The molecule has 130 valence electrons. The average Bonchev–Trinajstić information content (AvgIpc) is 3.08. The normalized spacial score (nSPS) is 11.5. The molecule has 0 radical (unpaired) electrons. The van der Waals surface area contributed by atoms with E-state index < -0.39 is 10.0 Å². The number of hydrogen-bond donors (Lipinski definition) is 1. The van der Waals surface area contributed by atoms with Crippen LogP contribution >= 0.6 is 15.9 Å². The Hall–Kier alpha value is -1.64. The first-order valence-electron chi connectivity index (χ1n) is 7.50. The van der Waals surface area contributed by atoms with Crippen molar-refractivity contribution in [3.63, 3.8) is 0 Å². The Bertz CT molecular complexity index is 799. The first-order valence-corrected chi connectivity index (χ1v) is 9.77. The minimum Gasteiger partial charge on any atom is -0.468 e. The van der Waals surface area contributed by atoms with Crippen molar-refractivity contribution in [3.05, 3.63) is 52.4 Å². The Balaban J connectivity index is 2.27. The molecule has 0 atom stereocenters. The minimum atomic E-state index is -3.75. The number of furan rings is 1. The summed E-state index contributed by atoms with van der Waals surface area (Å²) in [5.41, 5.74) is 0.319. The number of benzene rings is 1. The summed E-state index contributed by atoms with van der Waals surface area (Å²) in [6, 6.07) is 7.77. The van der Waals surface area contributed by atoms with Crippen molar-refractivity contribution >= 4 is 31.9 Å². The van der Waals surface area contributed by atoms with Crippen molar-refractivity contribution in [2.24, 2.45) is 0 Å². The van der Waals surface area contributed by atoms with Gasteiger partial charge in [0.25, 0.3) is 5.91 Å². The molecule has 24 heavy (non-hydrogen) atoms. The lowest BCUT2D eigenvalue weighted by atomic mass is 10.2. The molecule has 6 nitrogen and oxygen atoms in total. The molecule has 0 unspecified atom stereocenters. The monoisotopic (exact) mass is 414 g/mol. The van der Waals surface area contributed by atoms with Gasteiger partial charge in [0.15, 0.2) is 0 Å². The van der Waals surface area contributed by atoms with Crippen molar-refractivity contribution in [3.8, 4) is 0 Å². The van der Waals surface area contributed by atoms with Crippen LogP contribution in [0.3, 0.4) is 0 Å². The molecule has 1 aromatic carbocycles. The van der Waals surface area contributed by atoms with Gasteiger partial charge in [-0.25, -0.2) is 13.1 Å². The Morgan fingerprint density at radius 1 is 1.25 bits per heavy atom. The molecule has 8 heteroatoms. The van der Waals surface area contributed by atoms with Gasteiger partial charge in [-0.3, -0.25) is 4.79 Å². The number of halogens is 1. The predicted molar refractivity (Wildman–Crippen MR) is 94.1 cm³/mol. The van der Waals surface area contributed by atoms with E-state index in [1.807, 2.05) is 13.8 Å². The van der Waals surface area contributed by atoms with Gasteiger partial charge in [-0.2, -0.15) is 0 Å². The van der Waals surface area contributed by atoms with Crippen LogP contribution in [0.1, 0.15) is 30.0 Å². The highest BCUT2D eigenvalue weighted by Crippen LogP contribution is 2.23. The van der Waals surface area contributed by atoms with Crippen LogP contribution in [0.2, 0.25) is 0 Å². The van der Waals surface area contributed by atoms with Crippen LogP contribution in [-0.2, 0) is 16.6 Å². The maximum absolute atomic E-state index is 12.5. The highest BCUT2D eigenvalue weighted by molar-refractivity contribution is 9.10. The summed E-state index contributed by atoms with van der Waals surface area (Å²) in [4.78, 5) is 14.2. The quantitative estimate of drug-likeness (QED) is 0.754. The molecule has 2 rings (SSSR count). The lowest BCUT2D eigenvalue weighted by molar-refractivity contribution is 0.0772. The predicted octanol–water partition coefficient (Wildman–Crippen LogP) is 3.00. The lowest BCUT2D eigenvalue weighted by Crippen LogP contribution is -2.31. The van der Waals surface area contributed by atoms with E-state index >= 15 is 0 Å². The fourth-order valence-electron chi connectivity index (χ4n) is 2.18. The van der Waals surface area contributed by atoms with Crippen molar-refractivity contribution in [1.29, 1.82) is 0 Å². The van der Waals surface area contributed by atoms with Crippen molar-refractivity contribution in [1.82, 2.24) is 9.62 Å². The number of amides is 1. The van der Waals surface area contributed by atoms with E-state index in [1.54, 1.807) is 23.1 Å². The highest BCUT2D eigenvalue weighted by Gasteiger charge is 2.21. The second kappa shape index (κ2) is 7.96. The third-order valence-electron chi connectivity index (χ3n) is 3.55. The third kappa shape index (κ3) is 4.25. The van der Waals surface area contributed by atoms with Crippen LogP contribution in [0, 0.1) is 0 Å². The molecule has 1 N–H and O–H groups in total. The van der Waals surface area contributed by atoms with Crippen molar-refractivity contribution in [2.45, 2.75) is 25.3 Å². The Labute approximate surface area is 150 Å². The van der Waals surface area contributed by atoms with Crippen molar-refractivity contribution < 1.29 is 17.6 Å². The molecule has 0 spiro atoms. The van der Waals surface area contributed by atoms with E-state index in [2.05, 4.69) is 20.7 Å². The van der Waals surface area contributed by atoms with E-state index in [9.17, 15) is 13.2 Å². The van der Waals surface area contributed by atoms with Gasteiger partial charge in [-0.05, 0) is 60.1 Å². The third-order valence-corrected chi connectivity index (χ3v) is 5.64. The van der Waals surface area contributed by atoms with Gasteiger partial charge in [-0.15, -0.1) is 0 Å². The van der Waals surface area contributed by atoms with E-state index in [4.69, 9.17) is 4.42 Å². The summed E-state index contributed by atoms with van der Waals surface area (Å²) in [6.07, 6.45) is 1.48. The average molecular weight is 415 g/mol. The minimum absolute atomic E-state index is 0.0350. The SMILES string of the molecule is CCN(CC)C(=O)c1cc(S(=O)(=O)NCc2ccco2)ccc1Br. The molecule has 1 heterocycles. The number of nitrogens with zero attached hydrogens (tertiary/aromatic N) is 1. The molecule has 0 bridgehead atoms. The van der Waals surface area contributed by atoms with E-state index in [0.717, 1.165) is 0 Å². The van der Waals surface area contributed by atoms with E-state index in [0.29, 0.717) is 28.9 Å². The van der Waals surface area contributed by atoms with Crippen LogP contribution in [0.5, 0.6) is 0 Å². The number of rotatable bonds is 7. The van der Waals surface area contributed by atoms with Crippen LogP contribution < -0.4 is 4.72 Å². The topological polar surface area (TPSA) is 79.6 Å². The van der Waals surface area contributed by atoms with Gasteiger partial charge < -0.3 is 9.32 Å². The zero-order valence-electron chi connectivity index (χ0n) is 13.5. The molecule has 0 aliphatic carbocycles. The van der Waals surface area contributed by atoms with Crippen LogP contribution in [-0.4, -0.2) is 32.3 Å². The molecule has 0 aliphatic rings. The van der Waals surface area contributed by atoms with Gasteiger partial charge >= 0.3 is 0 Å². The maximum atomic E-state index is 12.5. The summed E-state index contributed by atoms with van der Waals surface area (Å²) in [7, 11) is -3.75. The van der Waals surface area contributed by atoms with Gasteiger partial charge in [0.1, 0.15) is 5.76 Å². The molecule has 0 saturated heterocycles. The first kappa shape index (κ1) is 18.7. The second-order valence-corrected chi connectivity index (χ2v) is 7.64. The highest BCUT2D eigenvalue weighted by atomic mass is 79.9. The van der Waals surface area contributed by atoms with Gasteiger partial charge in [0.2, 0.25) is 10.0 Å². The first-order chi connectivity index (χ1) is 11.4. The van der Waals surface area contributed by atoms with Crippen molar-refractivity contribution in [2.75, 3.05) is 13.1 Å². The summed E-state index contributed by atoms with van der Waals surface area (Å²) < 4.78 is 33.0. The molecule has 0 aliphatic heterocycles. The number of carbonyl (C=O) groups excluding carboxylic acids is 1. The summed E-state index contributed by atoms with van der Waals surface area (Å²) in [5, 5.41) is 0. The largest absolute Gasteiger partial charge is 0.468 e. The summed E-state index contributed by atoms with van der Waals surface area (Å²) in [6.45, 7) is 4.90. The standard InChI is InChI=1S/C16H19BrN2O4S/c1-3-19(4-2)16(20)14-10-13(7-8-15(14)17)24(21,22)18-11-12-6-5-9-23-12/h5-10,18H,3-4,11H2,1-2H3. The molecular formula is C16H19BrN2O4S. The fourth-order valence-corrected chi connectivity index (χ4v) is 3.61. The Morgan fingerprint density at radius 2 is 1.96 bits per heavy atom. The van der Waals surface area contributed by atoms with Gasteiger partial charge in [0.05, 0.1) is 23.3 Å². The fraction of sp³-hybridized carbons (Fsp3) is 0.312. The molecular weight excluding hydrogens is 396 g/mol. The number of nitrogens with one attached hydrogen (secondary N) is 1.